The number of rotatable bonds is 8. The predicted molar refractivity (Wildman–Crippen MR) is 129 cm³/mol. The largest absolute Gasteiger partial charge is 0.466 e. The van der Waals surface area contributed by atoms with E-state index < -0.39 is 0 Å². The van der Waals surface area contributed by atoms with Gasteiger partial charge in [0.25, 0.3) is 5.56 Å². The third-order valence-electron chi connectivity index (χ3n) is 5.41. The summed E-state index contributed by atoms with van der Waals surface area (Å²) in [6, 6.07) is 5.89. The van der Waals surface area contributed by atoms with E-state index in [9.17, 15) is 14.4 Å². The highest BCUT2D eigenvalue weighted by Crippen LogP contribution is 2.24. The molecule has 1 aliphatic heterocycles. The van der Waals surface area contributed by atoms with Gasteiger partial charge in [0.2, 0.25) is 5.91 Å². The van der Waals surface area contributed by atoms with Gasteiger partial charge in [-0.25, -0.2) is 4.98 Å². The molecule has 1 fully saturated rings. The van der Waals surface area contributed by atoms with E-state index in [0.717, 1.165) is 19.3 Å². The summed E-state index contributed by atoms with van der Waals surface area (Å²) in [5.74, 6) is -0.364. The predicted octanol–water partition coefficient (Wildman–Crippen LogP) is 3.66. The van der Waals surface area contributed by atoms with Crippen molar-refractivity contribution >= 4 is 56.5 Å². The third-order valence-corrected chi connectivity index (χ3v) is 8.20. The zero-order valence-electron chi connectivity index (χ0n) is 17.8. The zero-order chi connectivity index (χ0) is 22.5. The number of aryl methyl sites for hydroxylation is 1. The van der Waals surface area contributed by atoms with E-state index in [1.54, 1.807) is 27.7 Å². The molecular formula is C22H25N3O4S3. The van der Waals surface area contributed by atoms with Crippen LogP contribution in [0, 0.1) is 5.92 Å². The Kier molecular flexibility index (Phi) is 7.64. The van der Waals surface area contributed by atoms with E-state index in [-0.39, 0.29) is 29.1 Å². The van der Waals surface area contributed by atoms with Crippen molar-refractivity contribution in [3.05, 3.63) is 44.2 Å². The number of ether oxygens (including phenoxy) is 1. The van der Waals surface area contributed by atoms with Gasteiger partial charge in [0.15, 0.2) is 5.16 Å². The molecule has 0 spiro atoms. The third kappa shape index (κ3) is 5.24. The molecule has 0 N–H and O–H groups in total. The maximum atomic E-state index is 13.1. The van der Waals surface area contributed by atoms with E-state index >= 15 is 0 Å². The highest BCUT2D eigenvalue weighted by Gasteiger charge is 2.29. The molecule has 0 saturated carbocycles. The van der Waals surface area contributed by atoms with Gasteiger partial charge in [-0.15, -0.1) is 22.7 Å². The van der Waals surface area contributed by atoms with Crippen molar-refractivity contribution in [1.82, 2.24) is 14.5 Å². The minimum atomic E-state index is -0.262. The van der Waals surface area contributed by atoms with Gasteiger partial charge >= 0.3 is 5.97 Å². The number of carbonyl (C=O) groups excluding carboxylic acids is 2. The lowest BCUT2D eigenvalue weighted by molar-refractivity contribution is -0.151. The second kappa shape index (κ2) is 10.6. The molecule has 4 heterocycles. The highest BCUT2D eigenvalue weighted by atomic mass is 32.2. The minimum absolute atomic E-state index is 0.0477. The summed E-state index contributed by atoms with van der Waals surface area (Å²) in [5, 5.41) is 4.45. The van der Waals surface area contributed by atoms with E-state index in [1.165, 1.54) is 28.0 Å². The van der Waals surface area contributed by atoms with Crippen molar-refractivity contribution < 1.29 is 14.3 Å². The fraction of sp³-hybridized carbons (Fsp3) is 0.455. The number of esters is 1. The summed E-state index contributed by atoms with van der Waals surface area (Å²) in [6.07, 6.45) is 2.27. The Morgan fingerprint density at radius 2 is 2.16 bits per heavy atom. The van der Waals surface area contributed by atoms with Crippen molar-refractivity contribution in [3.63, 3.8) is 0 Å². The van der Waals surface area contributed by atoms with Crippen LogP contribution in [0.4, 0.5) is 0 Å². The van der Waals surface area contributed by atoms with Gasteiger partial charge in [0.05, 0.1) is 23.8 Å². The summed E-state index contributed by atoms with van der Waals surface area (Å²) in [5.41, 5.74) is 0.611. The molecule has 3 aromatic rings. The van der Waals surface area contributed by atoms with Crippen LogP contribution in [-0.4, -0.2) is 51.8 Å². The number of amides is 1. The van der Waals surface area contributed by atoms with E-state index in [1.807, 2.05) is 22.9 Å². The van der Waals surface area contributed by atoms with Gasteiger partial charge in [-0.3, -0.25) is 19.0 Å². The van der Waals surface area contributed by atoms with Crippen LogP contribution >= 0.6 is 34.4 Å². The molecule has 32 heavy (non-hydrogen) atoms. The molecule has 0 bridgehead atoms. The molecule has 170 valence electrons. The first-order valence-electron chi connectivity index (χ1n) is 10.6. The first-order chi connectivity index (χ1) is 15.6. The molecular weight excluding hydrogens is 466 g/mol. The molecule has 0 unspecified atom stereocenters. The Balaban J connectivity index is 1.47. The number of carbonyl (C=O) groups is 2. The monoisotopic (exact) mass is 491 g/mol. The van der Waals surface area contributed by atoms with E-state index in [2.05, 4.69) is 11.1 Å². The molecule has 1 amide bonds. The van der Waals surface area contributed by atoms with Crippen molar-refractivity contribution in [1.29, 1.82) is 0 Å². The molecule has 1 atom stereocenters. The number of nitrogens with zero attached hydrogens (tertiary/aromatic N) is 3. The number of likely N-dealkylation sites (tertiary alicyclic amines) is 1. The standard InChI is InChI=1S/C22H25N3O4S3/c1-2-29-21(28)15-5-3-9-24(13-15)18(26)14-32-22-23-17-8-12-31-19(17)20(27)25(22)10-7-16-6-4-11-30-16/h4,6,8,11-12,15H,2-3,5,7,9-10,13-14H2,1H3/t15-/m0/s1. The van der Waals surface area contributed by atoms with Crippen molar-refractivity contribution in [3.8, 4) is 0 Å². The Hall–Kier alpha value is -2.17. The molecule has 0 aromatic carbocycles. The lowest BCUT2D eigenvalue weighted by atomic mass is 9.98. The lowest BCUT2D eigenvalue weighted by Gasteiger charge is -2.31. The van der Waals surface area contributed by atoms with Gasteiger partial charge in [-0.1, -0.05) is 17.8 Å². The number of fused-ring (bicyclic) bond motifs is 1. The summed E-state index contributed by atoms with van der Waals surface area (Å²) in [7, 11) is 0. The van der Waals surface area contributed by atoms with Crippen LogP contribution in [0.3, 0.4) is 0 Å². The van der Waals surface area contributed by atoms with E-state index in [0.29, 0.717) is 41.6 Å². The first-order valence-corrected chi connectivity index (χ1v) is 13.4. The van der Waals surface area contributed by atoms with Crippen molar-refractivity contribution in [2.45, 2.75) is 37.9 Å². The average Bonchev–Trinajstić information content (AvgIpc) is 3.49. The minimum Gasteiger partial charge on any atom is -0.466 e. The summed E-state index contributed by atoms with van der Waals surface area (Å²) < 4.78 is 7.46. The second-order valence-corrected chi connectivity index (χ2v) is 10.4. The van der Waals surface area contributed by atoms with E-state index in [4.69, 9.17) is 4.74 Å². The Labute approximate surface area is 198 Å². The highest BCUT2D eigenvalue weighted by molar-refractivity contribution is 7.99. The Morgan fingerprint density at radius 1 is 1.28 bits per heavy atom. The Morgan fingerprint density at radius 3 is 2.94 bits per heavy atom. The van der Waals surface area contributed by atoms with Gasteiger partial charge < -0.3 is 9.64 Å². The molecule has 0 aliphatic carbocycles. The van der Waals surface area contributed by atoms with Crippen LogP contribution in [0.25, 0.3) is 10.2 Å². The Bertz CT molecular complexity index is 1140. The molecule has 1 saturated heterocycles. The molecule has 7 nitrogen and oxygen atoms in total. The van der Waals surface area contributed by atoms with Crippen LogP contribution in [0.1, 0.15) is 24.6 Å². The first kappa shape index (κ1) is 23.0. The van der Waals surface area contributed by atoms with Crippen LogP contribution in [0.5, 0.6) is 0 Å². The number of aromatic nitrogens is 2. The molecule has 3 aromatic heterocycles. The van der Waals surface area contributed by atoms with Crippen LogP contribution < -0.4 is 5.56 Å². The lowest BCUT2D eigenvalue weighted by Crippen LogP contribution is -2.43. The van der Waals surface area contributed by atoms with Gasteiger partial charge in [0, 0.05) is 24.5 Å². The quantitative estimate of drug-likeness (QED) is 0.272. The maximum Gasteiger partial charge on any atom is 0.310 e. The molecule has 1 aliphatic rings. The summed E-state index contributed by atoms with van der Waals surface area (Å²) in [6.45, 7) is 3.68. The maximum absolute atomic E-state index is 13.1. The number of thiophene rings is 2. The van der Waals surface area contributed by atoms with Gasteiger partial charge in [-0.2, -0.15) is 0 Å². The number of hydrogen-bond acceptors (Lipinski definition) is 8. The number of hydrogen-bond donors (Lipinski definition) is 0. The summed E-state index contributed by atoms with van der Waals surface area (Å²) >= 11 is 4.35. The SMILES string of the molecule is CCOC(=O)[C@H]1CCCN(C(=O)CSc2nc3ccsc3c(=O)n2CCc2cccs2)C1. The molecule has 4 rings (SSSR count). The van der Waals surface area contributed by atoms with Gasteiger partial charge in [-0.05, 0) is 49.1 Å². The number of thioether (sulfide) groups is 1. The summed E-state index contributed by atoms with van der Waals surface area (Å²) in [4.78, 5) is 45.7. The topological polar surface area (TPSA) is 81.5 Å². The fourth-order valence-corrected chi connectivity index (χ4v) is 6.19. The van der Waals surface area contributed by atoms with Crippen molar-refractivity contribution in [2.75, 3.05) is 25.4 Å². The smallest absolute Gasteiger partial charge is 0.310 e. The number of piperidine rings is 1. The molecule has 10 heteroatoms. The van der Waals surface area contributed by atoms with Gasteiger partial charge in [0.1, 0.15) is 4.70 Å². The zero-order valence-corrected chi connectivity index (χ0v) is 20.3. The van der Waals surface area contributed by atoms with Crippen LogP contribution in [-0.2, 0) is 27.3 Å². The average molecular weight is 492 g/mol. The van der Waals surface area contributed by atoms with Crippen molar-refractivity contribution in [2.24, 2.45) is 5.92 Å². The fourth-order valence-electron chi connectivity index (χ4n) is 3.78. The van der Waals surface area contributed by atoms with Crippen LogP contribution in [0.15, 0.2) is 38.9 Å². The molecule has 0 radical (unpaired) electrons. The normalized spacial score (nSPS) is 16.4. The van der Waals surface area contributed by atoms with Crippen LogP contribution in [0.2, 0.25) is 0 Å². The second-order valence-electron chi connectivity index (χ2n) is 7.54.